The van der Waals surface area contributed by atoms with E-state index >= 15 is 4.39 Å². The zero-order chi connectivity index (χ0) is 23.6. The Balaban J connectivity index is 1.43. The molecule has 0 unspecified atom stereocenters. The number of H-pyrrole nitrogens is 1. The van der Waals surface area contributed by atoms with E-state index in [4.69, 9.17) is 11.6 Å². The number of fused-ring (bicyclic) bond motifs is 2. The van der Waals surface area contributed by atoms with Gasteiger partial charge in [0, 0.05) is 22.7 Å². The lowest BCUT2D eigenvalue weighted by atomic mass is 9.99. The molecule has 2 N–H and O–H groups in total. The van der Waals surface area contributed by atoms with Gasteiger partial charge in [-0.1, -0.05) is 11.6 Å². The summed E-state index contributed by atoms with van der Waals surface area (Å²) in [6.07, 6.45) is 6.56. The maximum Gasteiger partial charge on any atom is 0.231 e. The fourth-order valence-electron chi connectivity index (χ4n) is 3.99. The first-order chi connectivity index (χ1) is 16.4. The number of tetrazole rings is 1. The molecule has 34 heavy (non-hydrogen) atoms. The van der Waals surface area contributed by atoms with Crippen molar-refractivity contribution in [1.82, 2.24) is 44.8 Å². The zero-order valence-electron chi connectivity index (χ0n) is 17.4. The number of aromatic nitrogens is 9. The molecule has 1 aliphatic rings. The van der Waals surface area contributed by atoms with Gasteiger partial charge in [-0.05, 0) is 18.6 Å². The number of nitrogens with one attached hydrogen (secondary N) is 2. The number of hydrogen-bond donors (Lipinski definition) is 2. The van der Waals surface area contributed by atoms with Crippen LogP contribution >= 0.6 is 11.6 Å². The number of nitrogens with zero attached hydrogens (tertiary/aromatic N) is 8. The monoisotopic (exact) mass is 484 g/mol. The molecule has 172 valence electrons. The molecule has 11 nitrogen and oxygen atoms in total. The van der Waals surface area contributed by atoms with Crippen LogP contribution in [0, 0.1) is 11.7 Å². The molecule has 1 fully saturated rings. The summed E-state index contributed by atoms with van der Waals surface area (Å²) in [7, 11) is 0. The molecule has 4 aromatic heterocycles. The number of carbonyl (C=O) groups is 1. The van der Waals surface area contributed by atoms with E-state index in [2.05, 4.69) is 40.9 Å². The third kappa shape index (κ3) is 3.19. The number of anilines is 1. The van der Waals surface area contributed by atoms with Crippen molar-refractivity contribution in [2.45, 2.75) is 25.6 Å². The Morgan fingerprint density at radius 3 is 2.91 bits per heavy atom. The van der Waals surface area contributed by atoms with Crippen LogP contribution in [0.2, 0.25) is 5.02 Å². The summed E-state index contributed by atoms with van der Waals surface area (Å²) in [6.45, 7) is 1.72. The third-order valence-corrected chi connectivity index (χ3v) is 6.21. The predicted molar refractivity (Wildman–Crippen MR) is 116 cm³/mol. The lowest BCUT2D eigenvalue weighted by Gasteiger charge is -2.16. The molecule has 6 rings (SSSR count). The van der Waals surface area contributed by atoms with Gasteiger partial charge < -0.3 is 9.72 Å². The average Bonchev–Trinajstić information content (AvgIpc) is 3.26. The number of imidazole rings is 1. The van der Waals surface area contributed by atoms with Gasteiger partial charge in [-0.2, -0.15) is 9.90 Å². The topological polar surface area (TPSA) is 132 Å². The van der Waals surface area contributed by atoms with Crippen molar-refractivity contribution in [1.29, 1.82) is 0 Å². The number of benzene rings is 1. The Hall–Kier alpha value is -4.00. The minimum atomic E-state index is -1.11. The molecular weight excluding hydrogens is 470 g/mol. The molecule has 5 aromatic rings. The van der Waals surface area contributed by atoms with E-state index in [1.54, 1.807) is 23.7 Å². The lowest BCUT2D eigenvalue weighted by Crippen LogP contribution is -2.15. The summed E-state index contributed by atoms with van der Waals surface area (Å²) in [5.74, 6) is -1.45. The van der Waals surface area contributed by atoms with E-state index in [1.807, 2.05) is 0 Å². The van der Waals surface area contributed by atoms with Gasteiger partial charge in [0.05, 0.1) is 40.7 Å². The molecule has 0 spiro atoms. The van der Waals surface area contributed by atoms with E-state index in [9.17, 15) is 9.18 Å². The van der Waals surface area contributed by atoms with Crippen molar-refractivity contribution < 1.29 is 13.6 Å². The van der Waals surface area contributed by atoms with E-state index in [-0.39, 0.29) is 22.8 Å². The van der Waals surface area contributed by atoms with Crippen molar-refractivity contribution in [3.8, 4) is 11.3 Å². The van der Waals surface area contributed by atoms with Gasteiger partial charge in [-0.15, -0.1) is 10.2 Å². The normalized spacial score (nSPS) is 18.5. The van der Waals surface area contributed by atoms with Crippen LogP contribution in [-0.4, -0.2) is 56.9 Å². The molecule has 0 bridgehead atoms. The lowest BCUT2D eigenvalue weighted by molar-refractivity contribution is -0.117. The minimum Gasteiger partial charge on any atom is -0.309 e. The first-order valence-corrected chi connectivity index (χ1v) is 10.7. The van der Waals surface area contributed by atoms with Gasteiger partial charge >= 0.3 is 0 Å². The molecule has 1 amide bonds. The minimum absolute atomic E-state index is 0.140. The van der Waals surface area contributed by atoms with Gasteiger partial charge in [-0.3, -0.25) is 14.9 Å². The first-order valence-electron chi connectivity index (χ1n) is 10.3. The molecule has 1 aliphatic carbocycles. The molecule has 3 atom stereocenters. The van der Waals surface area contributed by atoms with Crippen LogP contribution in [0.5, 0.6) is 0 Å². The highest BCUT2D eigenvalue weighted by atomic mass is 35.5. The summed E-state index contributed by atoms with van der Waals surface area (Å²) in [5, 5.41) is 21.4. The number of amides is 1. The summed E-state index contributed by atoms with van der Waals surface area (Å²) in [5.41, 5.74) is 1.80. The Kier molecular flexibility index (Phi) is 4.55. The van der Waals surface area contributed by atoms with Crippen LogP contribution in [-0.2, 0) is 4.79 Å². The fourth-order valence-corrected chi connectivity index (χ4v) is 4.29. The maximum atomic E-state index is 15.6. The van der Waals surface area contributed by atoms with Crippen LogP contribution < -0.4 is 5.32 Å². The quantitative estimate of drug-likeness (QED) is 0.392. The highest BCUT2D eigenvalue weighted by Crippen LogP contribution is 2.41. The fraction of sp³-hybridized carbons (Fsp3) is 0.250. The number of halogens is 3. The maximum absolute atomic E-state index is 15.6. The van der Waals surface area contributed by atoms with Crippen molar-refractivity contribution in [2.24, 2.45) is 5.92 Å². The van der Waals surface area contributed by atoms with Crippen molar-refractivity contribution in [3.63, 3.8) is 0 Å². The Labute approximate surface area is 194 Å². The molecular formula is C20H15ClF2N10O. The van der Waals surface area contributed by atoms with E-state index in [0.29, 0.717) is 27.8 Å². The van der Waals surface area contributed by atoms with Crippen molar-refractivity contribution in [3.05, 3.63) is 47.5 Å². The van der Waals surface area contributed by atoms with Crippen LogP contribution in [0.4, 0.5) is 14.6 Å². The summed E-state index contributed by atoms with van der Waals surface area (Å²) in [6, 6.07) is -0.609. The second-order valence-corrected chi connectivity index (χ2v) is 8.40. The second kappa shape index (κ2) is 7.52. The third-order valence-electron chi connectivity index (χ3n) is 5.85. The van der Waals surface area contributed by atoms with Crippen LogP contribution in [0.15, 0.2) is 31.1 Å². The van der Waals surface area contributed by atoms with Crippen molar-refractivity contribution in [2.75, 3.05) is 5.32 Å². The Morgan fingerprint density at radius 2 is 2.18 bits per heavy atom. The largest absolute Gasteiger partial charge is 0.309 e. The van der Waals surface area contributed by atoms with Gasteiger partial charge in [0.25, 0.3) is 0 Å². The zero-order valence-corrected chi connectivity index (χ0v) is 18.2. The number of hydrogen-bond acceptors (Lipinski definition) is 7. The van der Waals surface area contributed by atoms with E-state index in [1.165, 1.54) is 23.5 Å². The van der Waals surface area contributed by atoms with Crippen LogP contribution in [0.3, 0.4) is 0 Å². The predicted octanol–water partition coefficient (Wildman–Crippen LogP) is 2.96. The Morgan fingerprint density at radius 1 is 1.35 bits per heavy atom. The van der Waals surface area contributed by atoms with Gasteiger partial charge in [0.1, 0.15) is 18.0 Å². The molecule has 14 heteroatoms. The molecule has 0 aliphatic heterocycles. The SMILES string of the molecule is C[C@H](c1c(F)c(Cl)c(-c2cn3cc(NC(=O)[C@@H]4C[C@@H]4F)nc3cn2)c2cn[nH]c12)n1ncnn1. The molecule has 1 aromatic carbocycles. The summed E-state index contributed by atoms with van der Waals surface area (Å²) in [4.78, 5) is 22.0. The Bertz CT molecular complexity index is 1560. The molecule has 1 saturated carbocycles. The van der Waals surface area contributed by atoms with Gasteiger partial charge in [0.15, 0.2) is 17.8 Å². The standard InChI is InChI=1S/C20H15ClF2N10O/c1-8(33-27-7-26-31-33)15-18(23)17(21)16(10-3-25-30-19(10)15)12-5-32-6-13(28-14(32)4-24-12)29-20(34)9-2-11(9)22/h3-9,11H,2H2,1H3,(H,25,30)(H,29,34)/t8-,9-,11+/m1/s1. The highest BCUT2D eigenvalue weighted by Gasteiger charge is 2.43. The van der Waals surface area contributed by atoms with Crippen molar-refractivity contribution >= 4 is 39.9 Å². The number of aromatic amines is 1. The van der Waals surface area contributed by atoms with E-state index < -0.39 is 29.9 Å². The van der Waals surface area contributed by atoms with Crippen LogP contribution in [0.25, 0.3) is 27.8 Å². The average molecular weight is 485 g/mol. The molecule has 0 saturated heterocycles. The number of rotatable bonds is 5. The summed E-state index contributed by atoms with van der Waals surface area (Å²) >= 11 is 6.52. The smallest absolute Gasteiger partial charge is 0.231 e. The van der Waals surface area contributed by atoms with Gasteiger partial charge in [-0.25, -0.2) is 13.8 Å². The molecule has 4 heterocycles. The second-order valence-electron chi connectivity index (χ2n) is 8.02. The molecule has 0 radical (unpaired) electrons. The van der Waals surface area contributed by atoms with E-state index in [0.717, 1.165) is 0 Å². The summed E-state index contributed by atoms with van der Waals surface area (Å²) < 4.78 is 30.3. The first kappa shape index (κ1) is 20.6. The highest BCUT2D eigenvalue weighted by molar-refractivity contribution is 6.35. The number of carbonyl (C=O) groups excluding carboxylic acids is 1. The van der Waals surface area contributed by atoms with Crippen LogP contribution in [0.1, 0.15) is 24.9 Å². The number of alkyl halides is 1. The van der Waals surface area contributed by atoms with Gasteiger partial charge in [0.2, 0.25) is 5.91 Å².